The molecule has 0 atom stereocenters. The topological polar surface area (TPSA) is 72.8 Å². The van der Waals surface area contributed by atoms with Gasteiger partial charge in [0.15, 0.2) is 0 Å². The van der Waals surface area contributed by atoms with Crippen LogP contribution >= 0.6 is 0 Å². The van der Waals surface area contributed by atoms with Crippen LogP contribution < -0.4 is 0 Å². The fourth-order valence-corrected chi connectivity index (χ4v) is 2.43. The molecular formula is C15H16N4O2. The number of H-pyrrole nitrogens is 1. The molecule has 0 saturated carbocycles. The Morgan fingerprint density at radius 1 is 1.43 bits per heavy atom. The Balaban J connectivity index is 2.19. The smallest absolute Gasteiger partial charge is 0.340 e. The quantitative estimate of drug-likeness (QED) is 0.749. The molecule has 3 aromatic rings. The fourth-order valence-electron chi connectivity index (χ4n) is 2.43. The molecule has 2 aromatic heterocycles. The summed E-state index contributed by atoms with van der Waals surface area (Å²) in [4.78, 5) is 19.6. The van der Waals surface area contributed by atoms with Crippen molar-refractivity contribution < 1.29 is 9.53 Å². The average Bonchev–Trinajstić information content (AvgIpc) is 3.08. The number of benzene rings is 1. The van der Waals surface area contributed by atoms with Crippen molar-refractivity contribution in [2.75, 3.05) is 7.11 Å². The summed E-state index contributed by atoms with van der Waals surface area (Å²) in [5.41, 5.74) is 3.80. The van der Waals surface area contributed by atoms with E-state index in [4.69, 9.17) is 4.74 Å². The van der Waals surface area contributed by atoms with Crippen LogP contribution in [0.15, 0.2) is 24.4 Å². The summed E-state index contributed by atoms with van der Waals surface area (Å²) < 4.78 is 6.57. The Bertz CT molecular complexity index is 816. The van der Waals surface area contributed by atoms with E-state index in [1.54, 1.807) is 16.8 Å². The van der Waals surface area contributed by atoms with Gasteiger partial charge in [0, 0.05) is 13.2 Å². The van der Waals surface area contributed by atoms with Gasteiger partial charge in [0.2, 0.25) is 0 Å². The molecule has 0 aliphatic carbocycles. The van der Waals surface area contributed by atoms with E-state index in [0.29, 0.717) is 16.9 Å². The first-order chi connectivity index (χ1) is 10.1. The van der Waals surface area contributed by atoms with Crippen LogP contribution in [0, 0.1) is 0 Å². The van der Waals surface area contributed by atoms with E-state index in [2.05, 4.69) is 15.1 Å². The van der Waals surface area contributed by atoms with Crippen molar-refractivity contribution in [2.45, 2.75) is 13.3 Å². The number of rotatable bonds is 3. The van der Waals surface area contributed by atoms with E-state index >= 15 is 0 Å². The van der Waals surface area contributed by atoms with E-state index in [0.717, 1.165) is 23.2 Å². The number of para-hydroxylation sites is 1. The predicted molar refractivity (Wildman–Crippen MR) is 79.0 cm³/mol. The van der Waals surface area contributed by atoms with Crippen molar-refractivity contribution in [1.82, 2.24) is 19.7 Å². The average molecular weight is 284 g/mol. The number of esters is 1. The molecule has 0 unspecified atom stereocenters. The molecule has 6 nitrogen and oxygen atoms in total. The minimum Gasteiger partial charge on any atom is -0.465 e. The molecule has 6 heteroatoms. The fraction of sp³-hybridized carbons (Fsp3) is 0.267. The molecular weight excluding hydrogens is 268 g/mol. The highest BCUT2D eigenvalue weighted by Gasteiger charge is 2.17. The third-order valence-electron chi connectivity index (χ3n) is 3.41. The third-order valence-corrected chi connectivity index (χ3v) is 3.41. The molecule has 0 amide bonds. The second kappa shape index (κ2) is 5.05. The molecule has 0 fully saturated rings. The van der Waals surface area contributed by atoms with Crippen molar-refractivity contribution in [3.63, 3.8) is 0 Å². The largest absolute Gasteiger partial charge is 0.465 e. The van der Waals surface area contributed by atoms with Crippen LogP contribution in [-0.4, -0.2) is 32.8 Å². The number of hydrogen-bond donors (Lipinski definition) is 1. The standard InChI is InChI=1S/C15H16N4O2/c1-4-11-10(8-19(2)18-11)14-16-12-7-5-6-9(13(12)17-14)15(20)21-3/h5-8H,4H2,1-3H3,(H,16,17). The molecule has 0 aliphatic heterocycles. The lowest BCUT2D eigenvalue weighted by Crippen LogP contribution is -2.01. The number of carbonyl (C=O) groups is 1. The van der Waals surface area contributed by atoms with E-state index in [1.807, 2.05) is 26.2 Å². The summed E-state index contributed by atoms with van der Waals surface area (Å²) in [7, 11) is 3.25. The summed E-state index contributed by atoms with van der Waals surface area (Å²) in [6.45, 7) is 2.05. The molecule has 0 spiro atoms. The number of carbonyl (C=O) groups excluding carboxylic acids is 1. The highest BCUT2D eigenvalue weighted by Crippen LogP contribution is 2.25. The highest BCUT2D eigenvalue weighted by molar-refractivity contribution is 6.02. The Morgan fingerprint density at radius 3 is 2.95 bits per heavy atom. The monoisotopic (exact) mass is 284 g/mol. The number of hydrogen-bond acceptors (Lipinski definition) is 4. The first-order valence-corrected chi connectivity index (χ1v) is 6.74. The van der Waals surface area contributed by atoms with E-state index in [-0.39, 0.29) is 5.97 Å². The highest BCUT2D eigenvalue weighted by atomic mass is 16.5. The molecule has 0 bridgehead atoms. The maximum atomic E-state index is 11.8. The zero-order valence-corrected chi connectivity index (χ0v) is 12.2. The second-order valence-corrected chi connectivity index (χ2v) is 4.80. The number of fused-ring (bicyclic) bond motifs is 1. The van der Waals surface area contributed by atoms with Gasteiger partial charge in [-0.15, -0.1) is 0 Å². The van der Waals surface area contributed by atoms with Gasteiger partial charge in [-0.3, -0.25) is 4.68 Å². The summed E-state index contributed by atoms with van der Waals surface area (Å²) in [6.07, 6.45) is 2.74. The minimum atomic E-state index is -0.388. The van der Waals surface area contributed by atoms with Gasteiger partial charge in [0.1, 0.15) is 11.3 Å². The van der Waals surface area contributed by atoms with Gasteiger partial charge in [0.05, 0.1) is 29.4 Å². The van der Waals surface area contributed by atoms with Crippen LogP contribution in [0.3, 0.4) is 0 Å². The molecule has 1 aromatic carbocycles. The Morgan fingerprint density at radius 2 is 2.24 bits per heavy atom. The van der Waals surface area contributed by atoms with Crippen molar-refractivity contribution >= 4 is 17.0 Å². The number of aromatic nitrogens is 4. The van der Waals surface area contributed by atoms with Crippen LogP contribution in [0.5, 0.6) is 0 Å². The van der Waals surface area contributed by atoms with Crippen molar-refractivity contribution in [3.05, 3.63) is 35.7 Å². The summed E-state index contributed by atoms with van der Waals surface area (Å²) >= 11 is 0. The maximum absolute atomic E-state index is 11.8. The van der Waals surface area contributed by atoms with E-state index in [9.17, 15) is 4.79 Å². The molecule has 1 N–H and O–H groups in total. The molecule has 108 valence electrons. The van der Waals surface area contributed by atoms with Gasteiger partial charge in [-0.25, -0.2) is 9.78 Å². The van der Waals surface area contributed by atoms with Crippen LogP contribution in [0.25, 0.3) is 22.4 Å². The zero-order valence-electron chi connectivity index (χ0n) is 12.2. The number of imidazole rings is 1. The van der Waals surface area contributed by atoms with Gasteiger partial charge in [0.25, 0.3) is 0 Å². The Kier molecular flexibility index (Phi) is 3.21. The van der Waals surface area contributed by atoms with Gasteiger partial charge in [-0.2, -0.15) is 5.10 Å². The molecule has 2 heterocycles. The molecule has 0 radical (unpaired) electrons. The van der Waals surface area contributed by atoms with Gasteiger partial charge >= 0.3 is 5.97 Å². The van der Waals surface area contributed by atoms with Gasteiger partial charge < -0.3 is 9.72 Å². The number of aromatic amines is 1. The summed E-state index contributed by atoms with van der Waals surface area (Å²) in [5, 5.41) is 4.41. The van der Waals surface area contributed by atoms with Gasteiger partial charge in [-0.1, -0.05) is 13.0 Å². The Labute approximate surface area is 121 Å². The number of nitrogens with zero attached hydrogens (tertiary/aromatic N) is 3. The summed E-state index contributed by atoms with van der Waals surface area (Å²) in [5.74, 6) is 0.326. The SMILES string of the molecule is CCc1nn(C)cc1-c1nc2c(C(=O)OC)cccc2[nH]1. The van der Waals surface area contributed by atoms with Crippen molar-refractivity contribution in [2.24, 2.45) is 7.05 Å². The van der Waals surface area contributed by atoms with E-state index < -0.39 is 0 Å². The lowest BCUT2D eigenvalue weighted by Gasteiger charge is -1.98. The first kappa shape index (κ1) is 13.4. The van der Waals surface area contributed by atoms with Crippen LogP contribution in [0.1, 0.15) is 23.0 Å². The zero-order chi connectivity index (χ0) is 15.0. The third kappa shape index (κ3) is 2.18. The molecule has 3 rings (SSSR count). The second-order valence-electron chi connectivity index (χ2n) is 4.80. The molecule has 21 heavy (non-hydrogen) atoms. The van der Waals surface area contributed by atoms with Gasteiger partial charge in [-0.05, 0) is 18.6 Å². The van der Waals surface area contributed by atoms with Crippen LogP contribution in [-0.2, 0) is 18.2 Å². The lowest BCUT2D eigenvalue weighted by molar-refractivity contribution is 0.0603. The normalized spacial score (nSPS) is 11.0. The van der Waals surface area contributed by atoms with Crippen LogP contribution in [0.2, 0.25) is 0 Å². The van der Waals surface area contributed by atoms with Crippen LogP contribution in [0.4, 0.5) is 0 Å². The van der Waals surface area contributed by atoms with E-state index in [1.165, 1.54) is 7.11 Å². The minimum absolute atomic E-state index is 0.388. The summed E-state index contributed by atoms with van der Waals surface area (Å²) in [6, 6.07) is 5.41. The molecule has 0 aliphatic rings. The van der Waals surface area contributed by atoms with Crippen molar-refractivity contribution in [1.29, 1.82) is 0 Å². The predicted octanol–water partition coefficient (Wildman–Crippen LogP) is 2.31. The first-order valence-electron chi connectivity index (χ1n) is 6.74. The number of nitrogens with one attached hydrogen (secondary N) is 1. The maximum Gasteiger partial charge on any atom is 0.340 e. The van der Waals surface area contributed by atoms with Crippen molar-refractivity contribution in [3.8, 4) is 11.4 Å². The molecule has 0 saturated heterocycles. The number of methoxy groups -OCH3 is 1. The number of aryl methyl sites for hydroxylation is 2. The Hall–Kier alpha value is -2.63. The lowest BCUT2D eigenvalue weighted by atomic mass is 10.2. The number of ether oxygens (including phenoxy) is 1.